The Labute approximate surface area is 109 Å². The Hall–Kier alpha value is -2.08. The number of hydrogen-bond donors (Lipinski definition) is 2. The van der Waals surface area contributed by atoms with Gasteiger partial charge in [-0.2, -0.15) is 0 Å². The summed E-state index contributed by atoms with van der Waals surface area (Å²) in [6, 6.07) is 5.47. The van der Waals surface area contributed by atoms with E-state index in [0.717, 1.165) is 24.2 Å². The minimum Gasteiger partial charge on any atom is -0.408 e. The number of nitrogens with zero attached hydrogens (tertiary/aromatic N) is 1. The van der Waals surface area contributed by atoms with Gasteiger partial charge in [-0.15, -0.1) is 0 Å². The molecule has 2 heterocycles. The maximum atomic E-state index is 11.7. The zero-order chi connectivity index (χ0) is 13.4. The van der Waals surface area contributed by atoms with Crippen LogP contribution in [0.5, 0.6) is 0 Å². The van der Waals surface area contributed by atoms with Crippen molar-refractivity contribution in [3.63, 3.8) is 0 Å². The van der Waals surface area contributed by atoms with E-state index in [9.17, 15) is 9.59 Å². The number of aryl methyl sites for hydroxylation is 1. The average molecular weight is 261 g/mol. The van der Waals surface area contributed by atoms with E-state index in [1.807, 2.05) is 12.1 Å². The van der Waals surface area contributed by atoms with Crippen LogP contribution < -0.4 is 16.4 Å². The van der Waals surface area contributed by atoms with Gasteiger partial charge >= 0.3 is 5.76 Å². The van der Waals surface area contributed by atoms with Gasteiger partial charge in [-0.1, -0.05) is 6.07 Å². The predicted octanol–water partition coefficient (Wildman–Crippen LogP) is -0.0329. The number of amides is 1. The van der Waals surface area contributed by atoms with Crippen molar-refractivity contribution in [2.75, 3.05) is 13.1 Å². The lowest BCUT2D eigenvalue weighted by molar-refractivity contribution is -0.126. The standard InChI is InChI=1S/C13H15N3O3/c1-16-10-4-8(2-3-11(10)19-13(16)18)5-15-12(17)9-6-14-7-9/h2-4,9,14H,5-7H2,1H3,(H,15,17). The molecule has 0 saturated carbocycles. The molecule has 19 heavy (non-hydrogen) atoms. The van der Waals surface area contributed by atoms with E-state index in [2.05, 4.69) is 10.6 Å². The number of nitrogens with one attached hydrogen (secondary N) is 2. The largest absolute Gasteiger partial charge is 0.419 e. The average Bonchev–Trinajstić information content (AvgIpc) is 2.61. The van der Waals surface area contributed by atoms with E-state index >= 15 is 0 Å². The number of hydrogen-bond acceptors (Lipinski definition) is 4. The van der Waals surface area contributed by atoms with Gasteiger partial charge in [0.2, 0.25) is 5.91 Å². The summed E-state index contributed by atoms with van der Waals surface area (Å²) in [6.07, 6.45) is 0. The highest BCUT2D eigenvalue weighted by Gasteiger charge is 2.24. The van der Waals surface area contributed by atoms with Gasteiger partial charge in [-0.3, -0.25) is 9.36 Å². The minimum absolute atomic E-state index is 0.0694. The number of carbonyl (C=O) groups excluding carboxylic acids is 1. The molecule has 6 heteroatoms. The summed E-state index contributed by atoms with van der Waals surface area (Å²) in [6.45, 7) is 1.97. The molecule has 0 unspecified atom stereocenters. The van der Waals surface area contributed by atoms with Crippen LogP contribution in [0.2, 0.25) is 0 Å². The van der Waals surface area contributed by atoms with Crippen molar-refractivity contribution < 1.29 is 9.21 Å². The molecular formula is C13H15N3O3. The smallest absolute Gasteiger partial charge is 0.408 e. The van der Waals surface area contributed by atoms with Crippen LogP contribution in [0, 0.1) is 5.92 Å². The van der Waals surface area contributed by atoms with Gasteiger partial charge in [0, 0.05) is 26.7 Å². The highest BCUT2D eigenvalue weighted by atomic mass is 16.4. The molecule has 2 N–H and O–H groups in total. The van der Waals surface area contributed by atoms with Crippen LogP contribution in [0.1, 0.15) is 5.56 Å². The number of oxazole rings is 1. The lowest BCUT2D eigenvalue weighted by Crippen LogP contribution is -2.50. The number of aromatic nitrogens is 1. The molecule has 0 aliphatic carbocycles. The van der Waals surface area contributed by atoms with Crippen LogP contribution in [0.4, 0.5) is 0 Å². The predicted molar refractivity (Wildman–Crippen MR) is 69.7 cm³/mol. The summed E-state index contributed by atoms with van der Waals surface area (Å²) in [5.74, 6) is -0.223. The van der Waals surface area contributed by atoms with Crippen LogP contribution >= 0.6 is 0 Å². The number of benzene rings is 1. The summed E-state index contributed by atoms with van der Waals surface area (Å²) in [5.41, 5.74) is 2.25. The highest BCUT2D eigenvalue weighted by molar-refractivity contribution is 5.80. The Morgan fingerprint density at radius 1 is 1.53 bits per heavy atom. The Morgan fingerprint density at radius 3 is 3.00 bits per heavy atom. The molecule has 1 fully saturated rings. The molecule has 1 aromatic heterocycles. The first kappa shape index (κ1) is 12.0. The summed E-state index contributed by atoms with van der Waals surface area (Å²) >= 11 is 0. The van der Waals surface area contributed by atoms with Crippen LogP contribution in [0.25, 0.3) is 11.1 Å². The van der Waals surface area contributed by atoms with Crippen molar-refractivity contribution in [1.82, 2.24) is 15.2 Å². The van der Waals surface area contributed by atoms with E-state index in [1.165, 1.54) is 4.57 Å². The van der Waals surface area contributed by atoms with Gasteiger partial charge in [-0.25, -0.2) is 4.79 Å². The zero-order valence-electron chi connectivity index (χ0n) is 10.6. The SMILES string of the molecule is Cn1c(=O)oc2ccc(CNC(=O)C3CNC3)cc21. The van der Waals surface area contributed by atoms with Gasteiger partial charge in [0.1, 0.15) is 0 Å². The zero-order valence-corrected chi connectivity index (χ0v) is 10.6. The molecule has 1 aromatic carbocycles. The molecule has 0 radical (unpaired) electrons. The van der Waals surface area contributed by atoms with Crippen molar-refractivity contribution in [3.05, 3.63) is 34.3 Å². The Bertz CT molecular complexity index is 682. The van der Waals surface area contributed by atoms with Gasteiger partial charge in [0.15, 0.2) is 5.58 Å². The van der Waals surface area contributed by atoms with Crippen molar-refractivity contribution in [1.29, 1.82) is 0 Å². The highest BCUT2D eigenvalue weighted by Crippen LogP contribution is 2.14. The maximum absolute atomic E-state index is 11.7. The molecule has 0 atom stereocenters. The first-order valence-corrected chi connectivity index (χ1v) is 6.22. The van der Waals surface area contributed by atoms with Crippen molar-refractivity contribution in [2.24, 2.45) is 13.0 Å². The number of carbonyl (C=O) groups is 1. The van der Waals surface area contributed by atoms with Crippen LogP contribution in [0.15, 0.2) is 27.4 Å². The van der Waals surface area contributed by atoms with Gasteiger partial charge < -0.3 is 15.1 Å². The summed E-state index contributed by atoms with van der Waals surface area (Å²) in [5, 5.41) is 5.96. The van der Waals surface area contributed by atoms with Gasteiger partial charge in [-0.05, 0) is 17.7 Å². The number of rotatable bonds is 3. The fourth-order valence-electron chi connectivity index (χ4n) is 2.09. The maximum Gasteiger partial charge on any atom is 0.419 e. The summed E-state index contributed by atoms with van der Waals surface area (Å²) in [4.78, 5) is 23.1. The lowest BCUT2D eigenvalue weighted by atomic mass is 10.0. The fraction of sp³-hybridized carbons (Fsp3) is 0.385. The molecule has 0 spiro atoms. The molecule has 3 rings (SSSR count). The first-order valence-electron chi connectivity index (χ1n) is 6.22. The quantitative estimate of drug-likeness (QED) is 0.813. The first-order chi connectivity index (χ1) is 9.15. The molecule has 1 aliphatic heterocycles. The van der Waals surface area contributed by atoms with E-state index in [4.69, 9.17) is 4.42 Å². The molecule has 6 nitrogen and oxygen atoms in total. The van der Waals surface area contributed by atoms with Crippen molar-refractivity contribution in [3.8, 4) is 0 Å². The third kappa shape index (κ3) is 2.15. The molecule has 100 valence electrons. The topological polar surface area (TPSA) is 76.3 Å². The van der Waals surface area contributed by atoms with E-state index in [1.54, 1.807) is 13.1 Å². The monoisotopic (exact) mass is 261 g/mol. The second kappa shape index (κ2) is 4.55. The fourth-order valence-corrected chi connectivity index (χ4v) is 2.09. The van der Waals surface area contributed by atoms with Crippen molar-refractivity contribution in [2.45, 2.75) is 6.54 Å². The number of fused-ring (bicyclic) bond motifs is 1. The second-order valence-corrected chi connectivity index (χ2v) is 4.80. The molecule has 1 aliphatic rings. The van der Waals surface area contributed by atoms with Gasteiger partial charge in [0.25, 0.3) is 0 Å². The Balaban J connectivity index is 1.75. The third-order valence-electron chi connectivity index (χ3n) is 3.47. The van der Waals surface area contributed by atoms with E-state index in [0.29, 0.717) is 12.1 Å². The van der Waals surface area contributed by atoms with E-state index in [-0.39, 0.29) is 17.6 Å². The minimum atomic E-state index is -0.378. The second-order valence-electron chi connectivity index (χ2n) is 4.80. The van der Waals surface area contributed by atoms with Crippen LogP contribution in [-0.4, -0.2) is 23.6 Å². The molecule has 1 saturated heterocycles. The Morgan fingerprint density at radius 2 is 2.32 bits per heavy atom. The molecule has 2 aromatic rings. The van der Waals surface area contributed by atoms with E-state index < -0.39 is 0 Å². The molecular weight excluding hydrogens is 246 g/mol. The van der Waals surface area contributed by atoms with Gasteiger partial charge in [0.05, 0.1) is 11.4 Å². The lowest BCUT2D eigenvalue weighted by Gasteiger charge is -2.25. The molecule has 1 amide bonds. The Kier molecular flexibility index (Phi) is 2.87. The molecule has 0 bridgehead atoms. The third-order valence-corrected chi connectivity index (χ3v) is 3.47. The van der Waals surface area contributed by atoms with Crippen LogP contribution in [-0.2, 0) is 18.4 Å². The normalized spacial score (nSPS) is 15.4. The summed E-state index contributed by atoms with van der Waals surface area (Å²) < 4.78 is 6.51. The summed E-state index contributed by atoms with van der Waals surface area (Å²) in [7, 11) is 1.66. The van der Waals surface area contributed by atoms with Crippen molar-refractivity contribution >= 4 is 17.0 Å². The van der Waals surface area contributed by atoms with Crippen LogP contribution in [0.3, 0.4) is 0 Å².